The van der Waals surface area contributed by atoms with Crippen LogP contribution in [-0.2, 0) is 4.79 Å². The first kappa shape index (κ1) is 25.9. The van der Waals surface area contributed by atoms with Crippen LogP contribution in [0.25, 0.3) is 11.2 Å². The Bertz CT molecular complexity index is 1330. The number of nitrogens with zero attached hydrogens (tertiary/aromatic N) is 5. The Morgan fingerprint density at radius 1 is 0.974 bits per heavy atom. The summed E-state index contributed by atoms with van der Waals surface area (Å²) < 4.78 is 29.9. The lowest BCUT2D eigenvalue weighted by molar-refractivity contribution is -0.135. The average molecular weight is 540 g/mol. The lowest BCUT2D eigenvalue weighted by atomic mass is 9.85. The van der Waals surface area contributed by atoms with Crippen LogP contribution < -0.4 is 10.6 Å². The first-order chi connectivity index (χ1) is 18.9. The van der Waals surface area contributed by atoms with E-state index in [0.29, 0.717) is 41.8 Å². The van der Waals surface area contributed by atoms with Crippen molar-refractivity contribution in [3.8, 4) is 0 Å². The van der Waals surface area contributed by atoms with E-state index in [-0.39, 0.29) is 29.8 Å². The average Bonchev–Trinajstić information content (AvgIpc) is 3.59. The van der Waals surface area contributed by atoms with E-state index in [1.165, 1.54) is 12.1 Å². The van der Waals surface area contributed by atoms with E-state index in [1.807, 2.05) is 9.47 Å². The van der Waals surface area contributed by atoms with E-state index < -0.39 is 11.6 Å². The number of likely N-dealkylation sites (tertiary alicyclic amines) is 1. The quantitative estimate of drug-likeness (QED) is 0.408. The number of halogens is 2. The lowest BCUT2D eigenvalue weighted by Crippen LogP contribution is -2.37. The topological polar surface area (TPSA) is 108 Å². The first-order valence-electron chi connectivity index (χ1n) is 14.1. The molecule has 208 valence electrons. The molecular formula is C28H35F2N7O2. The van der Waals surface area contributed by atoms with E-state index >= 15 is 0 Å². The second-order valence-electron chi connectivity index (χ2n) is 11.1. The van der Waals surface area contributed by atoms with Gasteiger partial charge >= 0.3 is 0 Å². The van der Waals surface area contributed by atoms with E-state index in [2.05, 4.69) is 20.6 Å². The van der Waals surface area contributed by atoms with E-state index in [0.717, 1.165) is 70.5 Å². The normalized spacial score (nSPS) is 25.7. The predicted octanol–water partition coefficient (Wildman–Crippen LogP) is 4.92. The van der Waals surface area contributed by atoms with Gasteiger partial charge in [0.25, 0.3) is 0 Å². The maximum atomic E-state index is 14.5. The molecule has 3 fully saturated rings. The fraction of sp³-hybridized carbons (Fsp3) is 0.571. The number of anilines is 3. The molecule has 2 aromatic heterocycles. The molecule has 3 aliphatic rings. The summed E-state index contributed by atoms with van der Waals surface area (Å²) in [4.78, 5) is 28.8. The van der Waals surface area contributed by atoms with Gasteiger partial charge in [-0.05, 0) is 76.3 Å². The molecule has 11 heteroatoms. The third kappa shape index (κ3) is 5.54. The van der Waals surface area contributed by atoms with E-state index in [1.54, 1.807) is 6.20 Å². The van der Waals surface area contributed by atoms with Crippen LogP contribution in [0.1, 0.15) is 70.3 Å². The van der Waals surface area contributed by atoms with Crippen LogP contribution in [0.3, 0.4) is 0 Å². The summed E-state index contributed by atoms with van der Waals surface area (Å²) in [5, 5.41) is 16.6. The number of carbonyl (C=O) groups excluding carboxylic acids is 1. The third-order valence-electron chi connectivity index (χ3n) is 8.47. The van der Waals surface area contributed by atoms with Crippen molar-refractivity contribution in [2.75, 3.05) is 23.7 Å². The molecule has 1 saturated heterocycles. The monoisotopic (exact) mass is 539 g/mol. The fourth-order valence-corrected chi connectivity index (χ4v) is 6.29. The predicted molar refractivity (Wildman–Crippen MR) is 144 cm³/mol. The van der Waals surface area contributed by atoms with E-state index in [9.17, 15) is 18.7 Å². The highest BCUT2D eigenvalue weighted by atomic mass is 19.1. The summed E-state index contributed by atoms with van der Waals surface area (Å²) >= 11 is 0. The highest BCUT2D eigenvalue weighted by Crippen LogP contribution is 2.36. The number of imidazole rings is 1. The Morgan fingerprint density at radius 2 is 1.72 bits per heavy atom. The Labute approximate surface area is 226 Å². The summed E-state index contributed by atoms with van der Waals surface area (Å²) in [7, 11) is 0. The fourth-order valence-electron chi connectivity index (χ4n) is 6.29. The van der Waals surface area contributed by atoms with Crippen molar-refractivity contribution in [2.45, 2.75) is 82.4 Å². The van der Waals surface area contributed by atoms with Crippen molar-refractivity contribution in [3.05, 3.63) is 36.0 Å². The number of aliphatic hydroxyl groups is 1. The molecule has 0 spiro atoms. The van der Waals surface area contributed by atoms with Crippen LogP contribution in [0.5, 0.6) is 0 Å². The smallest absolute Gasteiger partial charge is 0.225 e. The molecule has 1 amide bonds. The minimum Gasteiger partial charge on any atom is -0.393 e. The zero-order valence-corrected chi connectivity index (χ0v) is 22.0. The second-order valence-corrected chi connectivity index (χ2v) is 11.1. The summed E-state index contributed by atoms with van der Waals surface area (Å²) in [6.45, 7) is 1.78. The molecule has 0 unspecified atom stereocenters. The second kappa shape index (κ2) is 11.0. The maximum absolute atomic E-state index is 14.5. The minimum atomic E-state index is -0.708. The molecule has 2 aliphatic carbocycles. The molecule has 9 nitrogen and oxygen atoms in total. The molecule has 2 saturated carbocycles. The third-order valence-corrected chi connectivity index (χ3v) is 8.47. The molecule has 3 aromatic rings. The van der Waals surface area contributed by atoms with E-state index in [4.69, 9.17) is 4.98 Å². The zero-order chi connectivity index (χ0) is 26.9. The number of carbonyl (C=O) groups is 1. The van der Waals surface area contributed by atoms with Crippen molar-refractivity contribution in [1.29, 1.82) is 0 Å². The van der Waals surface area contributed by atoms with Gasteiger partial charge in [-0.25, -0.2) is 18.7 Å². The van der Waals surface area contributed by atoms with Crippen LogP contribution in [0.15, 0.2) is 24.4 Å². The Morgan fingerprint density at radius 3 is 2.44 bits per heavy atom. The molecule has 0 radical (unpaired) electrons. The standard InChI is InChI=1S/C28H35F2N7O2/c29-18-5-12-23(22(30)15-18)33-28-34-24-16-31-27(35-25(24)37(28)20-8-10-21(38)11-9-20)32-19-6-3-17(4-7-19)26(39)36-13-1-2-14-36/h5,12,15-17,19-21,38H,1-4,6-11,13-14H2,(H,33,34)(H,31,32,35)/t17?,19?,20-,21+. The minimum absolute atomic E-state index is 0.0131. The van der Waals surface area contributed by atoms with Gasteiger partial charge in [0.2, 0.25) is 17.8 Å². The van der Waals surface area contributed by atoms with Crippen molar-refractivity contribution in [1.82, 2.24) is 24.4 Å². The van der Waals surface area contributed by atoms with Crippen LogP contribution >= 0.6 is 0 Å². The summed E-state index contributed by atoms with van der Waals surface area (Å²) in [6.07, 6.45) is 9.79. The Balaban J connectivity index is 1.22. The molecule has 1 aliphatic heterocycles. The molecule has 3 N–H and O–H groups in total. The molecule has 1 aromatic carbocycles. The lowest BCUT2D eigenvalue weighted by Gasteiger charge is -2.31. The zero-order valence-electron chi connectivity index (χ0n) is 22.0. The van der Waals surface area contributed by atoms with Crippen molar-refractivity contribution < 1.29 is 18.7 Å². The maximum Gasteiger partial charge on any atom is 0.225 e. The summed E-state index contributed by atoms with van der Waals surface area (Å²) in [6, 6.07) is 3.57. The number of hydrogen-bond acceptors (Lipinski definition) is 7. The SMILES string of the molecule is O=C(C1CCC(Nc2ncc3nc(Nc4ccc(F)cc4F)n([C@H]4CC[C@@H](O)CC4)c3n2)CC1)N1CCCC1. The molecule has 3 heterocycles. The number of aromatic nitrogens is 4. The number of rotatable bonds is 6. The molecular weight excluding hydrogens is 504 g/mol. The highest BCUT2D eigenvalue weighted by molar-refractivity contribution is 5.79. The van der Waals surface area contributed by atoms with Crippen LogP contribution in [-0.4, -0.2) is 60.7 Å². The largest absolute Gasteiger partial charge is 0.393 e. The number of aliphatic hydroxyl groups excluding tert-OH is 1. The van der Waals surface area contributed by atoms with Crippen LogP contribution in [0.2, 0.25) is 0 Å². The molecule has 6 rings (SSSR count). The first-order valence-corrected chi connectivity index (χ1v) is 14.1. The van der Waals surface area contributed by atoms with Crippen LogP contribution in [0.4, 0.5) is 26.4 Å². The molecule has 0 atom stereocenters. The van der Waals surface area contributed by atoms with Crippen molar-refractivity contribution >= 4 is 34.7 Å². The van der Waals surface area contributed by atoms with Gasteiger partial charge in [0.15, 0.2) is 5.65 Å². The van der Waals surface area contributed by atoms with Gasteiger partial charge < -0.3 is 20.6 Å². The highest BCUT2D eigenvalue weighted by Gasteiger charge is 2.31. The van der Waals surface area contributed by atoms with Crippen LogP contribution in [0, 0.1) is 17.6 Å². The molecule has 0 bridgehead atoms. The van der Waals surface area contributed by atoms with Gasteiger partial charge in [-0.15, -0.1) is 0 Å². The number of amides is 1. The number of hydrogen-bond donors (Lipinski definition) is 3. The van der Waals surface area contributed by atoms with Gasteiger partial charge in [-0.2, -0.15) is 4.98 Å². The van der Waals surface area contributed by atoms with Gasteiger partial charge in [-0.1, -0.05) is 0 Å². The van der Waals surface area contributed by atoms with Gasteiger partial charge in [0.05, 0.1) is 18.0 Å². The summed E-state index contributed by atoms with van der Waals surface area (Å²) in [5.41, 5.74) is 1.31. The summed E-state index contributed by atoms with van der Waals surface area (Å²) in [5.74, 6) is -0.0442. The Hall–Kier alpha value is -3.34. The van der Waals surface area contributed by atoms with Gasteiger partial charge in [0, 0.05) is 37.2 Å². The molecule has 39 heavy (non-hydrogen) atoms. The Kier molecular flexibility index (Phi) is 7.33. The number of benzene rings is 1. The van der Waals surface area contributed by atoms with Crippen molar-refractivity contribution in [2.24, 2.45) is 5.92 Å². The van der Waals surface area contributed by atoms with Gasteiger partial charge in [0.1, 0.15) is 17.2 Å². The number of fused-ring (bicyclic) bond motifs is 1. The van der Waals surface area contributed by atoms with Gasteiger partial charge in [-0.3, -0.25) is 9.36 Å². The van der Waals surface area contributed by atoms with Crippen molar-refractivity contribution in [3.63, 3.8) is 0 Å². The number of nitrogens with one attached hydrogen (secondary N) is 2.